The SMILES string of the molecule is CCCc1cnc(CO)cn1. The Hall–Kier alpha value is -0.960. The fourth-order valence-corrected chi connectivity index (χ4v) is 0.848. The van der Waals surface area contributed by atoms with Gasteiger partial charge in [0.1, 0.15) is 0 Å². The zero-order valence-electron chi connectivity index (χ0n) is 6.62. The largest absolute Gasteiger partial charge is 0.390 e. The minimum atomic E-state index is -0.0284. The Kier molecular flexibility index (Phi) is 2.98. The third-order valence-electron chi connectivity index (χ3n) is 1.43. The number of aromatic nitrogens is 2. The normalized spacial score (nSPS) is 10.0. The van der Waals surface area contributed by atoms with Gasteiger partial charge in [0, 0.05) is 6.20 Å². The summed E-state index contributed by atoms with van der Waals surface area (Å²) < 4.78 is 0. The molecular weight excluding hydrogens is 140 g/mol. The molecule has 0 fully saturated rings. The van der Waals surface area contributed by atoms with Crippen molar-refractivity contribution in [1.82, 2.24) is 9.97 Å². The van der Waals surface area contributed by atoms with E-state index in [0.717, 1.165) is 18.5 Å². The van der Waals surface area contributed by atoms with Crippen LogP contribution < -0.4 is 0 Å². The second-order valence-electron chi connectivity index (χ2n) is 2.41. The fraction of sp³-hybridized carbons (Fsp3) is 0.500. The molecule has 0 aliphatic heterocycles. The van der Waals surface area contributed by atoms with Crippen molar-refractivity contribution in [3.63, 3.8) is 0 Å². The summed E-state index contributed by atoms with van der Waals surface area (Å²) >= 11 is 0. The highest BCUT2D eigenvalue weighted by Crippen LogP contribution is 1.97. The summed E-state index contributed by atoms with van der Waals surface area (Å²) in [6.45, 7) is 2.07. The monoisotopic (exact) mass is 152 g/mol. The van der Waals surface area contributed by atoms with E-state index in [9.17, 15) is 0 Å². The summed E-state index contributed by atoms with van der Waals surface area (Å²) in [7, 11) is 0. The van der Waals surface area contributed by atoms with Crippen LogP contribution in [0.2, 0.25) is 0 Å². The molecule has 0 saturated carbocycles. The lowest BCUT2D eigenvalue weighted by atomic mass is 10.2. The molecule has 0 saturated heterocycles. The van der Waals surface area contributed by atoms with Crippen LogP contribution in [-0.2, 0) is 13.0 Å². The Labute approximate surface area is 66.1 Å². The first-order valence-electron chi connectivity index (χ1n) is 3.77. The summed E-state index contributed by atoms with van der Waals surface area (Å²) in [5.41, 5.74) is 1.62. The standard InChI is InChI=1S/C8H12N2O/c1-2-3-7-4-10-8(6-11)5-9-7/h4-5,11H,2-3,6H2,1H3. The Morgan fingerprint density at radius 1 is 1.27 bits per heavy atom. The Morgan fingerprint density at radius 3 is 2.36 bits per heavy atom. The van der Waals surface area contributed by atoms with Crippen molar-refractivity contribution in [3.05, 3.63) is 23.8 Å². The Balaban J connectivity index is 2.66. The number of aliphatic hydroxyl groups excluding tert-OH is 1. The van der Waals surface area contributed by atoms with Gasteiger partial charge in [0.05, 0.1) is 24.2 Å². The molecule has 1 aromatic rings. The molecule has 0 atom stereocenters. The molecule has 0 unspecified atom stereocenters. The van der Waals surface area contributed by atoms with Crippen molar-refractivity contribution in [3.8, 4) is 0 Å². The van der Waals surface area contributed by atoms with E-state index in [1.807, 2.05) is 0 Å². The first-order valence-corrected chi connectivity index (χ1v) is 3.77. The first-order chi connectivity index (χ1) is 5.36. The van der Waals surface area contributed by atoms with Crippen LogP contribution in [0.4, 0.5) is 0 Å². The van der Waals surface area contributed by atoms with E-state index in [0.29, 0.717) is 5.69 Å². The molecule has 1 heterocycles. The van der Waals surface area contributed by atoms with Gasteiger partial charge in [-0.2, -0.15) is 0 Å². The molecule has 11 heavy (non-hydrogen) atoms. The van der Waals surface area contributed by atoms with Gasteiger partial charge in [0.15, 0.2) is 0 Å². The summed E-state index contributed by atoms with van der Waals surface area (Å²) in [5, 5.41) is 8.66. The van der Waals surface area contributed by atoms with Gasteiger partial charge in [-0.3, -0.25) is 9.97 Å². The Bertz CT molecular complexity index is 208. The van der Waals surface area contributed by atoms with Crippen molar-refractivity contribution in [2.45, 2.75) is 26.4 Å². The van der Waals surface area contributed by atoms with Crippen LogP contribution >= 0.6 is 0 Å². The molecule has 3 nitrogen and oxygen atoms in total. The molecule has 60 valence electrons. The first kappa shape index (κ1) is 8.14. The number of hydrogen-bond donors (Lipinski definition) is 1. The molecule has 1 N–H and O–H groups in total. The third kappa shape index (κ3) is 2.27. The Morgan fingerprint density at radius 2 is 1.91 bits per heavy atom. The zero-order chi connectivity index (χ0) is 8.10. The highest BCUT2D eigenvalue weighted by Gasteiger charge is 1.94. The van der Waals surface area contributed by atoms with Gasteiger partial charge >= 0.3 is 0 Å². The molecule has 0 spiro atoms. The maximum absolute atomic E-state index is 8.66. The molecule has 0 aliphatic carbocycles. The number of rotatable bonds is 3. The lowest BCUT2D eigenvalue weighted by Crippen LogP contribution is -1.94. The summed E-state index contributed by atoms with van der Waals surface area (Å²) in [6, 6.07) is 0. The minimum Gasteiger partial charge on any atom is -0.390 e. The van der Waals surface area contributed by atoms with Gasteiger partial charge in [0.2, 0.25) is 0 Å². The maximum Gasteiger partial charge on any atom is 0.0868 e. The van der Waals surface area contributed by atoms with Crippen molar-refractivity contribution in [1.29, 1.82) is 0 Å². The van der Waals surface area contributed by atoms with E-state index >= 15 is 0 Å². The summed E-state index contributed by atoms with van der Waals surface area (Å²) in [6.07, 6.45) is 5.37. The lowest BCUT2D eigenvalue weighted by Gasteiger charge is -1.97. The van der Waals surface area contributed by atoms with Crippen LogP contribution in [0, 0.1) is 0 Å². The van der Waals surface area contributed by atoms with Crippen LogP contribution in [0.1, 0.15) is 24.7 Å². The second-order valence-corrected chi connectivity index (χ2v) is 2.41. The second kappa shape index (κ2) is 4.03. The number of nitrogens with zero attached hydrogens (tertiary/aromatic N) is 2. The van der Waals surface area contributed by atoms with Crippen LogP contribution in [0.25, 0.3) is 0 Å². The molecule has 1 rings (SSSR count). The molecule has 1 aromatic heterocycles. The van der Waals surface area contributed by atoms with E-state index in [2.05, 4.69) is 16.9 Å². The van der Waals surface area contributed by atoms with Gasteiger partial charge in [-0.15, -0.1) is 0 Å². The smallest absolute Gasteiger partial charge is 0.0868 e. The van der Waals surface area contributed by atoms with Crippen LogP contribution in [-0.4, -0.2) is 15.1 Å². The quantitative estimate of drug-likeness (QED) is 0.700. The topological polar surface area (TPSA) is 46.0 Å². The number of aryl methyl sites for hydroxylation is 1. The molecule has 0 bridgehead atoms. The number of hydrogen-bond acceptors (Lipinski definition) is 3. The van der Waals surface area contributed by atoms with Crippen LogP contribution in [0.5, 0.6) is 0 Å². The van der Waals surface area contributed by atoms with Crippen molar-refractivity contribution < 1.29 is 5.11 Å². The van der Waals surface area contributed by atoms with Crippen molar-refractivity contribution in [2.24, 2.45) is 0 Å². The summed E-state index contributed by atoms with van der Waals surface area (Å²) in [5.74, 6) is 0. The van der Waals surface area contributed by atoms with Crippen molar-refractivity contribution in [2.75, 3.05) is 0 Å². The highest BCUT2D eigenvalue weighted by atomic mass is 16.3. The number of aliphatic hydroxyl groups is 1. The van der Waals surface area contributed by atoms with E-state index in [-0.39, 0.29) is 6.61 Å². The predicted octanol–water partition coefficient (Wildman–Crippen LogP) is 0.921. The van der Waals surface area contributed by atoms with Gasteiger partial charge in [-0.05, 0) is 6.42 Å². The van der Waals surface area contributed by atoms with Gasteiger partial charge in [-0.1, -0.05) is 13.3 Å². The van der Waals surface area contributed by atoms with Gasteiger partial charge < -0.3 is 5.11 Å². The predicted molar refractivity (Wildman–Crippen MR) is 41.9 cm³/mol. The molecular formula is C8H12N2O. The van der Waals surface area contributed by atoms with Gasteiger partial charge in [-0.25, -0.2) is 0 Å². The fourth-order valence-electron chi connectivity index (χ4n) is 0.848. The molecule has 0 radical (unpaired) electrons. The average molecular weight is 152 g/mol. The van der Waals surface area contributed by atoms with E-state index in [1.165, 1.54) is 0 Å². The van der Waals surface area contributed by atoms with Crippen LogP contribution in [0.3, 0.4) is 0 Å². The zero-order valence-corrected chi connectivity index (χ0v) is 6.62. The van der Waals surface area contributed by atoms with E-state index in [4.69, 9.17) is 5.11 Å². The van der Waals surface area contributed by atoms with E-state index in [1.54, 1.807) is 12.4 Å². The minimum absolute atomic E-state index is 0.0284. The van der Waals surface area contributed by atoms with E-state index < -0.39 is 0 Å². The molecule has 3 heteroatoms. The third-order valence-corrected chi connectivity index (χ3v) is 1.43. The lowest BCUT2D eigenvalue weighted by molar-refractivity contribution is 0.276. The highest BCUT2D eigenvalue weighted by molar-refractivity contribution is 5.01. The molecule has 0 aromatic carbocycles. The average Bonchev–Trinajstić information content (AvgIpc) is 2.07. The molecule has 0 amide bonds. The molecule has 0 aliphatic rings. The van der Waals surface area contributed by atoms with Gasteiger partial charge in [0.25, 0.3) is 0 Å². The van der Waals surface area contributed by atoms with Crippen LogP contribution in [0.15, 0.2) is 12.4 Å². The summed E-state index contributed by atoms with van der Waals surface area (Å²) in [4.78, 5) is 8.12. The maximum atomic E-state index is 8.66. The van der Waals surface area contributed by atoms with Crippen molar-refractivity contribution >= 4 is 0 Å².